The average Bonchev–Trinajstić information content (AvgIpc) is 1.88. The fourth-order valence-electron chi connectivity index (χ4n) is 0.668. The van der Waals surface area contributed by atoms with Gasteiger partial charge >= 0.3 is 0 Å². The van der Waals surface area contributed by atoms with E-state index in [2.05, 4.69) is 0 Å². The van der Waals surface area contributed by atoms with Gasteiger partial charge in [-0.3, -0.25) is 4.79 Å². The summed E-state index contributed by atoms with van der Waals surface area (Å²) in [5, 5.41) is 0. The van der Waals surface area contributed by atoms with E-state index in [4.69, 9.17) is 0 Å². The molecule has 0 saturated heterocycles. The minimum atomic E-state index is -2.24. The predicted octanol–water partition coefficient (Wildman–Crippen LogP) is 1.52. The van der Waals surface area contributed by atoms with Gasteiger partial charge in [0, 0.05) is 6.42 Å². The van der Waals surface area contributed by atoms with Crippen LogP contribution in [0, 0.1) is 6.42 Å². The number of hydrogen-bond acceptors (Lipinski definition) is 1. The Morgan fingerprint density at radius 2 is 2.30 bits per heavy atom. The van der Waals surface area contributed by atoms with E-state index in [1.807, 2.05) is 0 Å². The topological polar surface area (TPSA) is 17.1 Å². The van der Waals surface area contributed by atoms with Gasteiger partial charge in [0.1, 0.15) is 5.83 Å². The molecule has 0 aliphatic heterocycles. The number of aldehydes is 1. The average molecular weight is 143 g/mol. The molecule has 1 atom stereocenters. The van der Waals surface area contributed by atoms with Gasteiger partial charge in [0.05, 0.1) is 0 Å². The van der Waals surface area contributed by atoms with Gasteiger partial charge in [-0.15, -0.1) is 0 Å². The molecular weight excluding hydrogens is 138 g/mol. The van der Waals surface area contributed by atoms with Crippen LogP contribution in [0.1, 0.15) is 0 Å². The highest BCUT2D eigenvalue weighted by Gasteiger charge is 2.25. The van der Waals surface area contributed by atoms with Crippen molar-refractivity contribution in [3.05, 3.63) is 30.5 Å². The van der Waals surface area contributed by atoms with Gasteiger partial charge in [0.15, 0.2) is 6.29 Å². The predicted molar refractivity (Wildman–Crippen MR) is 32.5 cm³/mol. The molecular formula is C7H5F2O. The molecule has 0 fully saturated rings. The van der Waals surface area contributed by atoms with Crippen molar-refractivity contribution >= 4 is 6.29 Å². The lowest BCUT2D eigenvalue weighted by atomic mass is 10.0. The zero-order chi connectivity index (χ0) is 7.61. The highest BCUT2D eigenvalue weighted by atomic mass is 19.1. The second-order valence-electron chi connectivity index (χ2n) is 2.00. The number of hydrogen-bond donors (Lipinski definition) is 0. The second kappa shape index (κ2) is 2.33. The van der Waals surface area contributed by atoms with Crippen LogP contribution < -0.4 is 0 Å². The number of halogens is 2. The Morgan fingerprint density at radius 1 is 1.60 bits per heavy atom. The lowest BCUT2D eigenvalue weighted by Gasteiger charge is -2.11. The molecule has 1 nitrogen and oxygen atoms in total. The monoisotopic (exact) mass is 143 g/mol. The Bertz CT molecular complexity index is 208. The Balaban J connectivity index is 2.87. The van der Waals surface area contributed by atoms with E-state index >= 15 is 0 Å². The molecule has 1 unspecified atom stereocenters. The van der Waals surface area contributed by atoms with Crippen molar-refractivity contribution in [1.29, 1.82) is 0 Å². The van der Waals surface area contributed by atoms with Crippen LogP contribution >= 0.6 is 0 Å². The van der Waals surface area contributed by atoms with Crippen LogP contribution in [0.5, 0.6) is 0 Å². The van der Waals surface area contributed by atoms with Crippen molar-refractivity contribution in [3.63, 3.8) is 0 Å². The minimum absolute atomic E-state index is 0.0517. The summed E-state index contributed by atoms with van der Waals surface area (Å²) >= 11 is 0. The zero-order valence-electron chi connectivity index (χ0n) is 5.05. The third-order valence-corrected chi connectivity index (χ3v) is 1.15. The largest absolute Gasteiger partial charge is 0.299 e. The quantitative estimate of drug-likeness (QED) is 0.508. The van der Waals surface area contributed by atoms with Gasteiger partial charge in [-0.05, 0) is 12.2 Å². The molecule has 1 rings (SSSR count). The second-order valence-corrected chi connectivity index (χ2v) is 2.00. The van der Waals surface area contributed by atoms with E-state index in [1.54, 1.807) is 0 Å². The molecule has 0 aromatic carbocycles. The number of alkyl halides is 1. The van der Waals surface area contributed by atoms with Crippen molar-refractivity contribution in [2.75, 3.05) is 0 Å². The Kier molecular flexibility index (Phi) is 1.66. The van der Waals surface area contributed by atoms with Crippen molar-refractivity contribution in [1.82, 2.24) is 0 Å². The maximum Gasteiger partial charge on any atom is 0.204 e. The van der Waals surface area contributed by atoms with Crippen LogP contribution in [-0.2, 0) is 4.79 Å². The Labute approximate surface area is 57.0 Å². The van der Waals surface area contributed by atoms with Crippen molar-refractivity contribution in [2.24, 2.45) is 0 Å². The summed E-state index contributed by atoms with van der Waals surface area (Å²) in [6.07, 6.45) is 3.92. The Hall–Kier alpha value is -0.990. The molecule has 10 heavy (non-hydrogen) atoms. The van der Waals surface area contributed by atoms with Crippen LogP contribution in [0.2, 0.25) is 0 Å². The standard InChI is InChI=1S/C7H5F2O/c8-6-2-1-3-7(9,4-6)5-10/h1-5H. The van der Waals surface area contributed by atoms with Crippen LogP contribution in [0.4, 0.5) is 8.78 Å². The molecule has 0 saturated carbocycles. The first kappa shape index (κ1) is 7.12. The molecule has 53 valence electrons. The number of rotatable bonds is 1. The van der Waals surface area contributed by atoms with E-state index in [0.717, 1.165) is 12.5 Å². The maximum atomic E-state index is 12.8. The van der Waals surface area contributed by atoms with Gasteiger partial charge < -0.3 is 0 Å². The normalized spacial score (nSPS) is 31.6. The van der Waals surface area contributed by atoms with Gasteiger partial charge in [-0.25, -0.2) is 8.78 Å². The molecule has 0 N–H and O–H groups in total. The molecule has 0 spiro atoms. The number of carbonyl (C=O) groups excluding carboxylic acids is 1. The Morgan fingerprint density at radius 3 is 2.70 bits per heavy atom. The van der Waals surface area contributed by atoms with Gasteiger partial charge in [0.25, 0.3) is 0 Å². The maximum absolute atomic E-state index is 12.8. The molecule has 0 amide bonds. The van der Waals surface area contributed by atoms with E-state index in [0.29, 0.717) is 6.08 Å². The lowest BCUT2D eigenvalue weighted by molar-refractivity contribution is -0.113. The molecule has 1 radical (unpaired) electrons. The smallest absolute Gasteiger partial charge is 0.204 e. The fourth-order valence-corrected chi connectivity index (χ4v) is 0.668. The summed E-state index contributed by atoms with van der Waals surface area (Å²) in [4.78, 5) is 9.98. The first-order chi connectivity index (χ1) is 4.66. The number of allylic oxidation sites excluding steroid dienone is 4. The summed E-state index contributed by atoms with van der Waals surface area (Å²) < 4.78 is 25.0. The SMILES string of the molecule is O=CC1(F)C=C[CH]C(F)=C1. The van der Waals surface area contributed by atoms with Gasteiger partial charge in [0.2, 0.25) is 5.67 Å². The highest BCUT2D eigenvalue weighted by molar-refractivity contribution is 5.71. The molecule has 1 aliphatic rings. The third kappa shape index (κ3) is 1.29. The van der Waals surface area contributed by atoms with Crippen molar-refractivity contribution in [3.8, 4) is 0 Å². The first-order valence-electron chi connectivity index (χ1n) is 2.72. The summed E-state index contributed by atoms with van der Waals surface area (Å²) in [5.74, 6) is -0.725. The number of carbonyl (C=O) groups is 1. The molecule has 3 heteroatoms. The lowest BCUT2D eigenvalue weighted by Crippen LogP contribution is -2.20. The molecule has 0 heterocycles. The molecule has 0 bridgehead atoms. The molecule has 0 aromatic heterocycles. The summed E-state index contributed by atoms with van der Waals surface area (Å²) in [5.41, 5.74) is -2.24. The third-order valence-electron chi connectivity index (χ3n) is 1.15. The summed E-state index contributed by atoms with van der Waals surface area (Å²) in [7, 11) is 0. The van der Waals surface area contributed by atoms with Gasteiger partial charge in [-0.1, -0.05) is 6.08 Å². The van der Waals surface area contributed by atoms with Crippen molar-refractivity contribution < 1.29 is 13.6 Å². The van der Waals surface area contributed by atoms with Crippen LogP contribution in [0.25, 0.3) is 0 Å². The first-order valence-corrected chi connectivity index (χ1v) is 2.72. The summed E-state index contributed by atoms with van der Waals surface area (Å²) in [6, 6.07) is 0. The van der Waals surface area contributed by atoms with E-state index in [1.165, 1.54) is 6.08 Å². The van der Waals surface area contributed by atoms with Crippen LogP contribution in [0.3, 0.4) is 0 Å². The molecule has 0 aromatic rings. The van der Waals surface area contributed by atoms with E-state index < -0.39 is 11.5 Å². The van der Waals surface area contributed by atoms with Crippen LogP contribution in [-0.4, -0.2) is 12.0 Å². The van der Waals surface area contributed by atoms with Gasteiger partial charge in [-0.2, -0.15) is 0 Å². The minimum Gasteiger partial charge on any atom is -0.299 e. The molecule has 1 aliphatic carbocycles. The summed E-state index contributed by atoms with van der Waals surface area (Å²) in [6.45, 7) is 0. The fraction of sp³-hybridized carbons (Fsp3) is 0.143. The van der Waals surface area contributed by atoms with E-state index in [-0.39, 0.29) is 6.29 Å². The van der Waals surface area contributed by atoms with Crippen LogP contribution in [0.15, 0.2) is 24.1 Å². The zero-order valence-corrected chi connectivity index (χ0v) is 5.05. The van der Waals surface area contributed by atoms with Crippen molar-refractivity contribution in [2.45, 2.75) is 5.67 Å². The highest BCUT2D eigenvalue weighted by Crippen LogP contribution is 2.21. The van der Waals surface area contributed by atoms with E-state index in [9.17, 15) is 13.6 Å².